The van der Waals surface area contributed by atoms with Crippen molar-refractivity contribution in [2.75, 3.05) is 19.6 Å². The Morgan fingerprint density at radius 3 is 2.50 bits per heavy atom. The fraction of sp³-hybridized carbons (Fsp3) is 0.833. The van der Waals surface area contributed by atoms with Crippen LogP contribution >= 0.6 is 0 Å². The molecule has 0 aromatic carbocycles. The predicted octanol–water partition coefficient (Wildman–Crippen LogP) is 0.821. The number of alkyl carbamates (subject to hydrolysis) is 1. The van der Waals surface area contributed by atoms with Gasteiger partial charge < -0.3 is 20.5 Å². The Balaban J connectivity index is 2.34. The lowest BCUT2D eigenvalue weighted by Crippen LogP contribution is -2.37. The van der Waals surface area contributed by atoms with Crippen molar-refractivity contribution in [3.63, 3.8) is 0 Å². The first-order valence-corrected chi connectivity index (χ1v) is 6.17. The van der Waals surface area contributed by atoms with Crippen LogP contribution in [0.15, 0.2) is 0 Å². The molecule has 18 heavy (non-hydrogen) atoms. The Hall–Kier alpha value is -1.30. The molecule has 1 aliphatic rings. The first-order chi connectivity index (χ1) is 8.28. The van der Waals surface area contributed by atoms with Crippen molar-refractivity contribution in [2.45, 2.75) is 32.8 Å². The largest absolute Gasteiger partial charge is 0.481 e. The summed E-state index contributed by atoms with van der Waals surface area (Å²) < 4.78 is 5.13. The summed E-state index contributed by atoms with van der Waals surface area (Å²) in [4.78, 5) is 22.2. The fourth-order valence-corrected chi connectivity index (χ4v) is 2.02. The maximum atomic E-state index is 11.5. The van der Waals surface area contributed by atoms with Crippen LogP contribution in [0.2, 0.25) is 0 Å². The number of hydrogen-bond donors (Lipinski definition) is 3. The molecule has 0 bridgehead atoms. The van der Waals surface area contributed by atoms with Gasteiger partial charge in [0.25, 0.3) is 0 Å². The van der Waals surface area contributed by atoms with Crippen molar-refractivity contribution in [1.29, 1.82) is 0 Å². The number of ether oxygens (including phenoxy) is 1. The van der Waals surface area contributed by atoms with E-state index < -0.39 is 17.7 Å². The van der Waals surface area contributed by atoms with E-state index in [0.29, 0.717) is 13.1 Å². The van der Waals surface area contributed by atoms with Crippen molar-refractivity contribution in [3.8, 4) is 0 Å². The smallest absolute Gasteiger partial charge is 0.407 e. The van der Waals surface area contributed by atoms with E-state index in [4.69, 9.17) is 9.84 Å². The molecule has 6 nitrogen and oxygen atoms in total. The Morgan fingerprint density at radius 2 is 1.94 bits per heavy atom. The molecule has 0 aliphatic carbocycles. The minimum Gasteiger partial charge on any atom is -0.481 e. The van der Waals surface area contributed by atoms with Crippen LogP contribution < -0.4 is 10.6 Å². The number of carboxylic acids is 1. The molecule has 0 aromatic rings. The van der Waals surface area contributed by atoms with Crippen molar-refractivity contribution in [2.24, 2.45) is 11.8 Å². The van der Waals surface area contributed by atoms with Gasteiger partial charge in [-0.25, -0.2) is 4.79 Å². The van der Waals surface area contributed by atoms with Crippen LogP contribution in [0.25, 0.3) is 0 Å². The molecular formula is C12H22N2O4. The zero-order valence-electron chi connectivity index (χ0n) is 11.2. The van der Waals surface area contributed by atoms with Gasteiger partial charge in [-0.3, -0.25) is 4.79 Å². The van der Waals surface area contributed by atoms with Crippen LogP contribution in [-0.2, 0) is 9.53 Å². The maximum Gasteiger partial charge on any atom is 0.407 e. The molecular weight excluding hydrogens is 236 g/mol. The molecule has 1 aliphatic heterocycles. The lowest BCUT2D eigenvalue weighted by Gasteiger charge is -2.22. The molecule has 1 rings (SSSR count). The van der Waals surface area contributed by atoms with E-state index in [9.17, 15) is 9.59 Å². The monoisotopic (exact) mass is 258 g/mol. The lowest BCUT2D eigenvalue weighted by molar-refractivity contribution is -0.138. The van der Waals surface area contributed by atoms with Crippen LogP contribution in [0.1, 0.15) is 27.2 Å². The van der Waals surface area contributed by atoms with Crippen molar-refractivity contribution in [3.05, 3.63) is 0 Å². The first kappa shape index (κ1) is 14.8. The number of carboxylic acid groups (broad SMARTS) is 1. The molecule has 1 fully saturated rings. The summed E-state index contributed by atoms with van der Waals surface area (Å²) in [7, 11) is 0. The van der Waals surface area contributed by atoms with E-state index in [1.807, 2.05) is 0 Å². The summed E-state index contributed by atoms with van der Waals surface area (Å²) >= 11 is 0. The van der Waals surface area contributed by atoms with Gasteiger partial charge in [-0.2, -0.15) is 0 Å². The lowest BCUT2D eigenvalue weighted by atomic mass is 9.93. The Bertz CT molecular complexity index is 312. The second-order valence-electron chi connectivity index (χ2n) is 5.66. The average Bonchev–Trinajstić information content (AvgIpc) is 2.58. The highest BCUT2D eigenvalue weighted by Crippen LogP contribution is 2.19. The van der Waals surface area contributed by atoms with Gasteiger partial charge >= 0.3 is 12.1 Å². The minimum atomic E-state index is -0.800. The SMILES string of the molecule is CC(C)(C)OC(=O)NC[C@@H]1CNC[C@H]1CC(=O)O. The molecule has 0 radical (unpaired) electrons. The van der Waals surface area contributed by atoms with E-state index in [0.717, 1.165) is 6.54 Å². The van der Waals surface area contributed by atoms with E-state index in [-0.39, 0.29) is 18.3 Å². The van der Waals surface area contributed by atoms with E-state index >= 15 is 0 Å². The highest BCUT2D eigenvalue weighted by atomic mass is 16.6. The van der Waals surface area contributed by atoms with Gasteiger partial charge in [0.05, 0.1) is 0 Å². The third-order valence-electron chi connectivity index (χ3n) is 2.82. The number of carbonyl (C=O) groups excluding carboxylic acids is 1. The van der Waals surface area contributed by atoms with Crippen LogP contribution in [0.4, 0.5) is 4.79 Å². The molecule has 3 N–H and O–H groups in total. The summed E-state index contributed by atoms with van der Waals surface area (Å²) in [5.41, 5.74) is -0.515. The molecule has 0 spiro atoms. The molecule has 0 unspecified atom stereocenters. The normalized spacial score (nSPS) is 23.7. The number of rotatable bonds is 4. The van der Waals surface area contributed by atoms with E-state index in [2.05, 4.69) is 10.6 Å². The highest BCUT2D eigenvalue weighted by molar-refractivity contribution is 5.68. The number of carbonyl (C=O) groups is 2. The molecule has 6 heteroatoms. The molecule has 2 atom stereocenters. The highest BCUT2D eigenvalue weighted by Gasteiger charge is 2.29. The minimum absolute atomic E-state index is 0.0671. The molecule has 1 amide bonds. The van der Waals surface area contributed by atoms with E-state index in [1.54, 1.807) is 20.8 Å². The average molecular weight is 258 g/mol. The summed E-state index contributed by atoms with van der Waals surface area (Å²) in [6.45, 7) is 7.27. The quantitative estimate of drug-likeness (QED) is 0.695. The van der Waals surface area contributed by atoms with Crippen LogP contribution in [0, 0.1) is 11.8 Å². The van der Waals surface area contributed by atoms with Gasteiger partial charge in [0.1, 0.15) is 5.60 Å². The molecule has 1 heterocycles. The summed E-state index contributed by atoms with van der Waals surface area (Å²) in [6.07, 6.45) is -0.323. The van der Waals surface area contributed by atoms with Crippen molar-refractivity contribution < 1.29 is 19.4 Å². The van der Waals surface area contributed by atoms with Gasteiger partial charge in [-0.05, 0) is 45.7 Å². The van der Waals surface area contributed by atoms with E-state index in [1.165, 1.54) is 0 Å². The van der Waals surface area contributed by atoms with Crippen molar-refractivity contribution >= 4 is 12.1 Å². The van der Waals surface area contributed by atoms with Crippen LogP contribution in [0.3, 0.4) is 0 Å². The first-order valence-electron chi connectivity index (χ1n) is 6.17. The Morgan fingerprint density at radius 1 is 1.33 bits per heavy atom. The number of amides is 1. The molecule has 0 saturated carbocycles. The summed E-state index contributed by atoms with van der Waals surface area (Å²) in [6, 6.07) is 0. The summed E-state index contributed by atoms with van der Waals surface area (Å²) in [5.74, 6) is -0.586. The Labute approximate surface area is 107 Å². The van der Waals surface area contributed by atoms with Gasteiger partial charge in [0.2, 0.25) is 0 Å². The number of aliphatic carboxylic acids is 1. The van der Waals surface area contributed by atoms with Gasteiger partial charge in [-0.1, -0.05) is 0 Å². The third-order valence-corrected chi connectivity index (χ3v) is 2.82. The second-order valence-corrected chi connectivity index (χ2v) is 5.66. The standard InChI is InChI=1S/C12H22N2O4/c1-12(2,3)18-11(17)14-7-9-6-13-5-8(9)4-10(15)16/h8-9,13H,4-7H2,1-3H3,(H,14,17)(H,15,16)/t8-,9+/m1/s1. The van der Waals surface area contributed by atoms with Gasteiger partial charge in [0, 0.05) is 13.0 Å². The molecule has 0 aromatic heterocycles. The second kappa shape index (κ2) is 6.04. The van der Waals surface area contributed by atoms with Gasteiger partial charge in [0.15, 0.2) is 0 Å². The predicted molar refractivity (Wildman–Crippen MR) is 66.3 cm³/mol. The number of nitrogens with one attached hydrogen (secondary N) is 2. The number of hydrogen-bond acceptors (Lipinski definition) is 4. The zero-order chi connectivity index (χ0) is 13.8. The van der Waals surface area contributed by atoms with Gasteiger partial charge in [-0.15, -0.1) is 0 Å². The Kier molecular flexibility index (Phi) is 4.95. The zero-order valence-corrected chi connectivity index (χ0v) is 11.2. The molecule has 104 valence electrons. The van der Waals surface area contributed by atoms with Crippen LogP contribution in [0.5, 0.6) is 0 Å². The fourth-order valence-electron chi connectivity index (χ4n) is 2.02. The molecule has 1 saturated heterocycles. The van der Waals surface area contributed by atoms with Crippen LogP contribution in [-0.4, -0.2) is 42.4 Å². The topological polar surface area (TPSA) is 87.7 Å². The summed E-state index contributed by atoms with van der Waals surface area (Å²) in [5, 5.41) is 14.6. The maximum absolute atomic E-state index is 11.5. The van der Waals surface area contributed by atoms with Crippen molar-refractivity contribution in [1.82, 2.24) is 10.6 Å². The third kappa shape index (κ3) is 5.35.